The Bertz CT molecular complexity index is 641. The van der Waals surface area contributed by atoms with Crippen LogP contribution >= 0.6 is 0 Å². The molecule has 2 rings (SSSR count). The maximum absolute atomic E-state index is 11.8. The number of benzene rings is 1. The number of aldehydes is 1. The van der Waals surface area contributed by atoms with Crippen LogP contribution in [0, 0.1) is 12.8 Å². The third-order valence-corrected chi connectivity index (χ3v) is 2.97. The predicted octanol–water partition coefficient (Wildman–Crippen LogP) is 3.66. The molecule has 1 heterocycles. The van der Waals surface area contributed by atoms with Gasteiger partial charge < -0.3 is 9.73 Å². The second-order valence-corrected chi connectivity index (χ2v) is 5.01. The normalized spacial score (nSPS) is 10.6. The van der Waals surface area contributed by atoms with Crippen LogP contribution in [0.15, 0.2) is 34.7 Å². The monoisotopic (exact) mass is 271 g/mol. The number of carbonyl (C=O) groups is 2. The summed E-state index contributed by atoms with van der Waals surface area (Å²) in [6.07, 6.45) is 0.658. The molecule has 0 radical (unpaired) electrons. The van der Waals surface area contributed by atoms with Gasteiger partial charge in [0.15, 0.2) is 12.0 Å². The first-order valence-corrected chi connectivity index (χ1v) is 6.48. The first-order chi connectivity index (χ1) is 9.51. The van der Waals surface area contributed by atoms with Crippen molar-refractivity contribution in [3.8, 4) is 11.3 Å². The van der Waals surface area contributed by atoms with E-state index in [4.69, 9.17) is 4.42 Å². The number of hydrogen-bond acceptors (Lipinski definition) is 3. The Balaban J connectivity index is 2.42. The minimum absolute atomic E-state index is 0.0581. The van der Waals surface area contributed by atoms with E-state index in [1.807, 2.05) is 39.0 Å². The summed E-state index contributed by atoms with van der Waals surface area (Å²) < 4.78 is 5.44. The molecule has 0 aliphatic carbocycles. The summed E-state index contributed by atoms with van der Waals surface area (Å²) in [5, 5.41) is 2.88. The van der Waals surface area contributed by atoms with Crippen molar-refractivity contribution in [2.45, 2.75) is 20.8 Å². The van der Waals surface area contributed by atoms with E-state index in [1.54, 1.807) is 12.1 Å². The standard InChI is InChI=1S/C16H17NO3/c1-10(2)16(19)17-14-6-4-11(3)8-13(14)15-7-5-12(9-18)20-15/h4-10H,1-3H3,(H,17,19). The topological polar surface area (TPSA) is 59.3 Å². The zero-order chi connectivity index (χ0) is 14.7. The van der Waals surface area contributed by atoms with Crippen LogP contribution in [-0.2, 0) is 4.79 Å². The average Bonchev–Trinajstić information content (AvgIpc) is 2.89. The molecule has 0 unspecified atom stereocenters. The van der Waals surface area contributed by atoms with Gasteiger partial charge in [-0.3, -0.25) is 9.59 Å². The number of rotatable bonds is 4. The summed E-state index contributed by atoms with van der Waals surface area (Å²) in [7, 11) is 0. The summed E-state index contributed by atoms with van der Waals surface area (Å²) >= 11 is 0. The molecule has 0 atom stereocenters. The molecule has 0 saturated carbocycles. The van der Waals surface area contributed by atoms with Crippen molar-refractivity contribution < 1.29 is 14.0 Å². The largest absolute Gasteiger partial charge is 0.453 e. The Kier molecular flexibility index (Phi) is 4.03. The van der Waals surface area contributed by atoms with Crippen LogP contribution in [0.25, 0.3) is 11.3 Å². The number of carbonyl (C=O) groups excluding carboxylic acids is 2. The predicted molar refractivity (Wildman–Crippen MR) is 77.7 cm³/mol. The van der Waals surface area contributed by atoms with Crippen molar-refractivity contribution in [3.05, 3.63) is 41.7 Å². The molecule has 0 aliphatic heterocycles. The molecule has 20 heavy (non-hydrogen) atoms. The summed E-state index contributed by atoms with van der Waals surface area (Å²) in [5.41, 5.74) is 2.50. The van der Waals surface area contributed by atoms with Crippen LogP contribution in [0.2, 0.25) is 0 Å². The van der Waals surface area contributed by atoms with Crippen molar-refractivity contribution in [1.82, 2.24) is 0 Å². The molecule has 1 aromatic carbocycles. The second-order valence-electron chi connectivity index (χ2n) is 5.01. The Morgan fingerprint density at radius 1 is 1.25 bits per heavy atom. The Morgan fingerprint density at radius 3 is 2.60 bits per heavy atom. The lowest BCUT2D eigenvalue weighted by Crippen LogP contribution is -2.18. The Hall–Kier alpha value is -2.36. The van der Waals surface area contributed by atoms with Crippen molar-refractivity contribution in [1.29, 1.82) is 0 Å². The number of furan rings is 1. The number of nitrogens with one attached hydrogen (secondary N) is 1. The molecule has 104 valence electrons. The lowest BCUT2D eigenvalue weighted by atomic mass is 10.1. The van der Waals surface area contributed by atoms with Crippen molar-refractivity contribution >= 4 is 17.9 Å². The van der Waals surface area contributed by atoms with E-state index < -0.39 is 0 Å². The maximum Gasteiger partial charge on any atom is 0.226 e. The zero-order valence-electron chi connectivity index (χ0n) is 11.8. The second kappa shape index (κ2) is 5.74. The van der Waals surface area contributed by atoms with Crippen LogP contribution in [0.3, 0.4) is 0 Å². The highest BCUT2D eigenvalue weighted by Crippen LogP contribution is 2.30. The van der Waals surface area contributed by atoms with Gasteiger partial charge in [0.2, 0.25) is 5.91 Å². The van der Waals surface area contributed by atoms with E-state index in [0.717, 1.165) is 11.1 Å². The van der Waals surface area contributed by atoms with Gasteiger partial charge in [-0.15, -0.1) is 0 Å². The number of anilines is 1. The van der Waals surface area contributed by atoms with E-state index in [-0.39, 0.29) is 17.6 Å². The third kappa shape index (κ3) is 2.96. The summed E-state index contributed by atoms with van der Waals surface area (Å²) in [5.74, 6) is 0.668. The van der Waals surface area contributed by atoms with Gasteiger partial charge in [-0.05, 0) is 31.2 Å². The molecule has 1 aromatic heterocycles. The van der Waals surface area contributed by atoms with E-state index in [0.29, 0.717) is 17.7 Å². The lowest BCUT2D eigenvalue weighted by molar-refractivity contribution is -0.118. The highest BCUT2D eigenvalue weighted by atomic mass is 16.3. The molecule has 0 spiro atoms. The molecule has 0 aliphatic rings. The fourth-order valence-electron chi connectivity index (χ4n) is 1.81. The summed E-state index contributed by atoms with van der Waals surface area (Å²) in [4.78, 5) is 22.6. The van der Waals surface area contributed by atoms with E-state index >= 15 is 0 Å². The van der Waals surface area contributed by atoms with Gasteiger partial charge >= 0.3 is 0 Å². The molecular weight excluding hydrogens is 254 g/mol. The van der Waals surface area contributed by atoms with Gasteiger partial charge in [-0.1, -0.05) is 25.5 Å². The van der Waals surface area contributed by atoms with Crippen molar-refractivity contribution in [3.63, 3.8) is 0 Å². The van der Waals surface area contributed by atoms with Gasteiger partial charge in [-0.2, -0.15) is 0 Å². The number of hydrogen-bond donors (Lipinski definition) is 1. The SMILES string of the molecule is Cc1ccc(NC(=O)C(C)C)c(-c2ccc(C=O)o2)c1. The molecule has 1 amide bonds. The van der Waals surface area contributed by atoms with Crippen molar-refractivity contribution in [2.75, 3.05) is 5.32 Å². The Morgan fingerprint density at radius 2 is 2.00 bits per heavy atom. The zero-order valence-corrected chi connectivity index (χ0v) is 11.8. The van der Waals surface area contributed by atoms with Gasteiger partial charge in [0.1, 0.15) is 5.76 Å². The highest BCUT2D eigenvalue weighted by molar-refractivity contribution is 5.96. The number of aryl methyl sites for hydroxylation is 1. The van der Waals surface area contributed by atoms with Crippen LogP contribution in [-0.4, -0.2) is 12.2 Å². The minimum atomic E-state index is -0.105. The highest BCUT2D eigenvalue weighted by Gasteiger charge is 2.14. The fourth-order valence-corrected chi connectivity index (χ4v) is 1.81. The molecular formula is C16H17NO3. The van der Waals surface area contributed by atoms with Crippen LogP contribution in [0.4, 0.5) is 5.69 Å². The van der Waals surface area contributed by atoms with Crippen LogP contribution < -0.4 is 5.32 Å². The van der Waals surface area contributed by atoms with E-state index in [1.165, 1.54) is 0 Å². The first-order valence-electron chi connectivity index (χ1n) is 6.48. The van der Waals surface area contributed by atoms with Gasteiger partial charge in [-0.25, -0.2) is 0 Å². The van der Waals surface area contributed by atoms with Crippen molar-refractivity contribution in [2.24, 2.45) is 5.92 Å². The molecule has 4 nitrogen and oxygen atoms in total. The average molecular weight is 271 g/mol. The summed E-state index contributed by atoms with van der Waals surface area (Å²) in [6.45, 7) is 5.63. The molecule has 0 fully saturated rings. The molecule has 0 bridgehead atoms. The molecule has 4 heteroatoms. The fraction of sp³-hybridized carbons (Fsp3) is 0.250. The lowest BCUT2D eigenvalue weighted by Gasteiger charge is -2.12. The smallest absolute Gasteiger partial charge is 0.226 e. The maximum atomic E-state index is 11.8. The summed E-state index contributed by atoms with van der Waals surface area (Å²) in [6, 6.07) is 9.02. The van der Waals surface area contributed by atoms with Gasteiger partial charge in [0.05, 0.1) is 5.69 Å². The van der Waals surface area contributed by atoms with E-state index in [2.05, 4.69) is 5.32 Å². The number of amides is 1. The third-order valence-electron chi connectivity index (χ3n) is 2.97. The molecule has 1 N–H and O–H groups in total. The quantitative estimate of drug-likeness (QED) is 0.863. The first kappa shape index (κ1) is 14.1. The Labute approximate surface area is 117 Å². The molecule has 0 saturated heterocycles. The van der Waals surface area contributed by atoms with Gasteiger partial charge in [0.25, 0.3) is 0 Å². The van der Waals surface area contributed by atoms with Crippen LogP contribution in [0.1, 0.15) is 30.0 Å². The van der Waals surface area contributed by atoms with Gasteiger partial charge in [0, 0.05) is 11.5 Å². The molecule has 2 aromatic rings. The minimum Gasteiger partial charge on any atom is -0.453 e. The van der Waals surface area contributed by atoms with Crippen LogP contribution in [0.5, 0.6) is 0 Å². The van der Waals surface area contributed by atoms with E-state index in [9.17, 15) is 9.59 Å².